The van der Waals surface area contributed by atoms with Gasteiger partial charge in [-0.3, -0.25) is 14.9 Å². The van der Waals surface area contributed by atoms with Crippen molar-refractivity contribution in [3.63, 3.8) is 0 Å². The molecule has 7 nitrogen and oxygen atoms in total. The summed E-state index contributed by atoms with van der Waals surface area (Å²) in [5, 5.41) is 11.0. The summed E-state index contributed by atoms with van der Waals surface area (Å²) >= 11 is 0. The van der Waals surface area contributed by atoms with Crippen molar-refractivity contribution < 1.29 is 19.2 Å². The van der Waals surface area contributed by atoms with Gasteiger partial charge in [0, 0.05) is 18.7 Å². The number of nitro benzene ring substituents is 1. The van der Waals surface area contributed by atoms with E-state index in [4.69, 9.17) is 9.47 Å². The Morgan fingerprint density at radius 2 is 1.60 bits per heavy atom. The molecule has 0 spiro atoms. The van der Waals surface area contributed by atoms with Crippen molar-refractivity contribution in [3.05, 3.63) is 100 Å². The Bertz CT molecular complexity index is 1040. The predicted molar refractivity (Wildman–Crippen MR) is 110 cm³/mol. The molecule has 4 rings (SSSR count). The fraction of sp³-hybridized carbons (Fsp3) is 0.174. The lowest BCUT2D eigenvalue weighted by Crippen LogP contribution is -2.60. The molecule has 30 heavy (non-hydrogen) atoms. The first-order valence-electron chi connectivity index (χ1n) is 9.46. The number of para-hydroxylation sites is 1. The number of hydrogen-bond donors (Lipinski definition) is 0. The molecule has 3 aromatic carbocycles. The van der Waals surface area contributed by atoms with Crippen molar-refractivity contribution in [2.75, 3.05) is 7.11 Å². The second-order valence-corrected chi connectivity index (χ2v) is 6.96. The van der Waals surface area contributed by atoms with Gasteiger partial charge < -0.3 is 14.4 Å². The molecule has 1 aliphatic heterocycles. The van der Waals surface area contributed by atoms with Crippen LogP contribution >= 0.6 is 0 Å². The van der Waals surface area contributed by atoms with E-state index in [0.29, 0.717) is 12.3 Å². The van der Waals surface area contributed by atoms with Crippen molar-refractivity contribution in [2.45, 2.75) is 18.7 Å². The van der Waals surface area contributed by atoms with E-state index in [0.717, 1.165) is 16.9 Å². The molecular weight excluding hydrogens is 384 g/mol. The van der Waals surface area contributed by atoms with Crippen molar-refractivity contribution in [1.29, 1.82) is 0 Å². The number of rotatable bonds is 7. The maximum absolute atomic E-state index is 12.9. The lowest BCUT2D eigenvalue weighted by molar-refractivity contribution is -0.384. The number of nitrogens with zero attached hydrogens (tertiary/aromatic N) is 2. The van der Waals surface area contributed by atoms with Crippen LogP contribution in [-0.2, 0) is 11.3 Å². The molecule has 1 saturated heterocycles. The number of non-ortho nitro benzene ring substituents is 1. The first kappa shape index (κ1) is 19.4. The molecule has 0 unspecified atom stereocenters. The lowest BCUT2D eigenvalue weighted by Gasteiger charge is -2.46. The quantitative estimate of drug-likeness (QED) is 0.336. The zero-order valence-electron chi connectivity index (χ0n) is 16.3. The van der Waals surface area contributed by atoms with Gasteiger partial charge in [0.1, 0.15) is 17.5 Å². The molecule has 7 heteroatoms. The van der Waals surface area contributed by atoms with E-state index in [1.54, 1.807) is 36.3 Å². The van der Waals surface area contributed by atoms with Crippen LogP contribution in [0.25, 0.3) is 0 Å². The molecule has 0 aliphatic carbocycles. The molecule has 0 bridgehead atoms. The van der Waals surface area contributed by atoms with Gasteiger partial charge in [0.05, 0.1) is 12.0 Å². The van der Waals surface area contributed by atoms with Crippen LogP contribution in [0.1, 0.15) is 17.2 Å². The van der Waals surface area contributed by atoms with E-state index in [1.165, 1.54) is 12.1 Å². The highest BCUT2D eigenvalue weighted by molar-refractivity contribution is 5.89. The molecule has 1 fully saturated rings. The lowest BCUT2D eigenvalue weighted by atomic mass is 9.89. The number of β-lactam (4-membered cyclic amide) rings is 1. The Balaban J connectivity index is 1.60. The molecule has 1 amide bonds. The van der Waals surface area contributed by atoms with Crippen LogP contribution in [-0.4, -0.2) is 28.9 Å². The van der Waals surface area contributed by atoms with Gasteiger partial charge in [0.25, 0.3) is 11.6 Å². The number of hydrogen-bond acceptors (Lipinski definition) is 5. The van der Waals surface area contributed by atoms with Gasteiger partial charge in [-0.2, -0.15) is 0 Å². The minimum Gasteiger partial charge on any atom is -0.497 e. The second-order valence-electron chi connectivity index (χ2n) is 6.96. The standard InChI is InChI=1S/C23H20N2O5/c1-29-19-13-7-16(8-14-19)15-24-21(17-9-11-18(12-10-17)25(27)28)22(23(24)26)30-20-5-3-2-4-6-20/h2-14,21-22H,15H2,1H3/t21-,22+/m1/s1. The molecule has 0 radical (unpaired) electrons. The molecule has 1 heterocycles. The van der Waals surface area contributed by atoms with E-state index in [1.807, 2.05) is 42.5 Å². The third-order valence-electron chi connectivity index (χ3n) is 5.11. The minimum absolute atomic E-state index is 0.00614. The molecule has 0 N–H and O–H groups in total. The molecule has 0 aromatic heterocycles. The Hall–Kier alpha value is -3.87. The SMILES string of the molecule is COc1ccc(CN2C(=O)[C@@H](Oc3ccccc3)[C@H]2c2ccc([N+](=O)[O-])cc2)cc1. The molecule has 152 valence electrons. The maximum atomic E-state index is 12.9. The molecule has 0 saturated carbocycles. The van der Waals surface area contributed by atoms with Crippen molar-refractivity contribution >= 4 is 11.6 Å². The minimum atomic E-state index is -0.688. The van der Waals surface area contributed by atoms with Gasteiger partial charge >= 0.3 is 0 Å². The number of carbonyl (C=O) groups is 1. The Labute approximate surface area is 173 Å². The number of benzene rings is 3. The summed E-state index contributed by atoms with van der Waals surface area (Å²) in [7, 11) is 1.60. The third kappa shape index (κ3) is 3.82. The fourth-order valence-corrected chi connectivity index (χ4v) is 3.53. The van der Waals surface area contributed by atoms with E-state index in [-0.39, 0.29) is 17.6 Å². The first-order chi connectivity index (χ1) is 14.6. The van der Waals surface area contributed by atoms with Gasteiger partial charge in [-0.15, -0.1) is 0 Å². The zero-order chi connectivity index (χ0) is 21.1. The van der Waals surface area contributed by atoms with Gasteiger partial charge in [-0.05, 0) is 47.5 Å². The van der Waals surface area contributed by atoms with Crippen LogP contribution < -0.4 is 9.47 Å². The highest BCUT2D eigenvalue weighted by Gasteiger charge is 2.50. The van der Waals surface area contributed by atoms with Crippen LogP contribution in [0, 0.1) is 10.1 Å². The van der Waals surface area contributed by atoms with E-state index < -0.39 is 11.0 Å². The number of ether oxygens (including phenoxy) is 2. The largest absolute Gasteiger partial charge is 0.497 e. The highest BCUT2D eigenvalue weighted by atomic mass is 16.6. The van der Waals surface area contributed by atoms with Gasteiger partial charge in [-0.1, -0.05) is 30.3 Å². The van der Waals surface area contributed by atoms with Crippen molar-refractivity contribution in [2.24, 2.45) is 0 Å². The zero-order valence-corrected chi connectivity index (χ0v) is 16.3. The molecule has 1 aliphatic rings. The average molecular weight is 404 g/mol. The summed E-state index contributed by atoms with van der Waals surface area (Å²) in [6, 6.07) is 22.6. The molecular formula is C23H20N2O5. The normalized spacial score (nSPS) is 17.9. The second kappa shape index (κ2) is 8.24. The van der Waals surface area contributed by atoms with Gasteiger partial charge in [-0.25, -0.2) is 0 Å². The van der Waals surface area contributed by atoms with Crippen molar-refractivity contribution in [3.8, 4) is 11.5 Å². The Morgan fingerprint density at radius 1 is 0.933 bits per heavy atom. The Kier molecular flexibility index (Phi) is 5.34. The summed E-state index contributed by atoms with van der Waals surface area (Å²) in [6.07, 6.45) is -0.688. The first-order valence-corrected chi connectivity index (χ1v) is 9.46. The van der Waals surface area contributed by atoms with E-state index in [9.17, 15) is 14.9 Å². The summed E-state index contributed by atoms with van der Waals surface area (Å²) < 4.78 is 11.2. The number of nitro groups is 1. The molecule has 2 atom stereocenters. The monoisotopic (exact) mass is 404 g/mol. The van der Waals surface area contributed by atoms with Crippen LogP contribution in [0.2, 0.25) is 0 Å². The summed E-state index contributed by atoms with van der Waals surface area (Å²) in [6.45, 7) is 0.402. The number of likely N-dealkylation sites (tertiary alicyclic amines) is 1. The van der Waals surface area contributed by atoms with Crippen LogP contribution in [0.3, 0.4) is 0 Å². The number of amides is 1. The van der Waals surface area contributed by atoms with E-state index >= 15 is 0 Å². The van der Waals surface area contributed by atoms with Crippen molar-refractivity contribution in [1.82, 2.24) is 4.90 Å². The summed E-state index contributed by atoms with van der Waals surface area (Å²) in [5.74, 6) is 1.22. The predicted octanol–water partition coefficient (Wildman–Crippen LogP) is 4.13. The summed E-state index contributed by atoms with van der Waals surface area (Å²) in [5.41, 5.74) is 1.75. The van der Waals surface area contributed by atoms with Gasteiger partial charge in [0.2, 0.25) is 6.10 Å². The highest BCUT2D eigenvalue weighted by Crippen LogP contribution is 2.39. The Morgan fingerprint density at radius 3 is 2.20 bits per heavy atom. The van der Waals surface area contributed by atoms with Crippen LogP contribution in [0.5, 0.6) is 11.5 Å². The van der Waals surface area contributed by atoms with Crippen LogP contribution in [0.15, 0.2) is 78.9 Å². The maximum Gasteiger partial charge on any atom is 0.269 e. The fourth-order valence-electron chi connectivity index (χ4n) is 3.53. The average Bonchev–Trinajstić information content (AvgIpc) is 2.79. The number of carbonyl (C=O) groups excluding carboxylic acids is 1. The third-order valence-corrected chi connectivity index (χ3v) is 5.11. The summed E-state index contributed by atoms with van der Waals surface area (Å²) in [4.78, 5) is 25.2. The topological polar surface area (TPSA) is 81.9 Å². The number of methoxy groups -OCH3 is 1. The van der Waals surface area contributed by atoms with E-state index in [2.05, 4.69) is 0 Å². The van der Waals surface area contributed by atoms with Gasteiger partial charge in [0.15, 0.2) is 0 Å². The smallest absolute Gasteiger partial charge is 0.269 e. The van der Waals surface area contributed by atoms with Crippen LogP contribution in [0.4, 0.5) is 5.69 Å². The molecule has 3 aromatic rings.